The monoisotopic (exact) mass is 296 g/mol. The van der Waals surface area contributed by atoms with Crippen molar-refractivity contribution < 1.29 is 9.90 Å². The van der Waals surface area contributed by atoms with Crippen molar-refractivity contribution in [1.82, 2.24) is 10.2 Å². The van der Waals surface area contributed by atoms with Crippen molar-refractivity contribution in [2.45, 2.75) is 75.9 Å². The van der Waals surface area contributed by atoms with Gasteiger partial charge in [0, 0.05) is 12.6 Å². The fourth-order valence-electron chi connectivity index (χ4n) is 3.97. The standard InChI is InChI=1S/C17H32N2O2/c1-19(2)13-14-6-8-15(9-7-14)18-16(20)12-17(21)10-4-3-5-11-17/h14-15,21H,3-13H2,1-2H3,(H,18,20). The van der Waals surface area contributed by atoms with Crippen molar-refractivity contribution in [2.24, 2.45) is 5.92 Å². The molecule has 4 heteroatoms. The zero-order chi connectivity index (χ0) is 15.3. The first kappa shape index (κ1) is 16.8. The number of carbonyl (C=O) groups excluding carboxylic acids is 1. The zero-order valence-corrected chi connectivity index (χ0v) is 13.7. The molecule has 0 radical (unpaired) electrons. The van der Waals surface area contributed by atoms with E-state index in [9.17, 15) is 9.90 Å². The Balaban J connectivity index is 1.69. The Morgan fingerprint density at radius 2 is 1.76 bits per heavy atom. The third-order valence-corrected chi connectivity index (χ3v) is 5.11. The average Bonchev–Trinajstić information content (AvgIpc) is 2.40. The quantitative estimate of drug-likeness (QED) is 0.818. The van der Waals surface area contributed by atoms with E-state index in [4.69, 9.17) is 0 Å². The van der Waals surface area contributed by atoms with Gasteiger partial charge in [-0.25, -0.2) is 0 Å². The Labute approximate surface area is 129 Å². The first-order valence-corrected chi connectivity index (χ1v) is 8.63. The molecule has 1 amide bonds. The van der Waals surface area contributed by atoms with Crippen molar-refractivity contribution in [3.63, 3.8) is 0 Å². The van der Waals surface area contributed by atoms with Gasteiger partial charge in [-0.3, -0.25) is 4.79 Å². The molecular weight excluding hydrogens is 264 g/mol. The molecule has 122 valence electrons. The van der Waals surface area contributed by atoms with Crippen molar-refractivity contribution in [3.05, 3.63) is 0 Å². The van der Waals surface area contributed by atoms with Crippen molar-refractivity contribution in [1.29, 1.82) is 0 Å². The Hall–Kier alpha value is -0.610. The highest BCUT2D eigenvalue weighted by Gasteiger charge is 2.32. The van der Waals surface area contributed by atoms with E-state index in [1.807, 2.05) is 0 Å². The topological polar surface area (TPSA) is 52.6 Å². The highest BCUT2D eigenvalue weighted by atomic mass is 16.3. The number of amides is 1. The van der Waals surface area contributed by atoms with E-state index in [1.165, 1.54) is 19.3 Å². The lowest BCUT2D eigenvalue weighted by molar-refractivity contribution is -0.128. The molecular formula is C17H32N2O2. The molecule has 21 heavy (non-hydrogen) atoms. The van der Waals surface area contributed by atoms with Crippen LogP contribution in [-0.4, -0.2) is 48.2 Å². The largest absolute Gasteiger partial charge is 0.389 e. The molecule has 0 heterocycles. The van der Waals surface area contributed by atoms with Gasteiger partial charge in [0.05, 0.1) is 12.0 Å². The lowest BCUT2D eigenvalue weighted by Crippen LogP contribution is -2.43. The molecule has 0 aliphatic heterocycles. The zero-order valence-electron chi connectivity index (χ0n) is 13.7. The summed E-state index contributed by atoms with van der Waals surface area (Å²) in [6.07, 6.45) is 9.75. The lowest BCUT2D eigenvalue weighted by atomic mass is 9.82. The predicted octanol–water partition coefficient (Wildman–Crippen LogP) is 2.31. The summed E-state index contributed by atoms with van der Waals surface area (Å²) in [7, 11) is 4.25. The van der Waals surface area contributed by atoms with Gasteiger partial charge in [0.25, 0.3) is 0 Å². The Morgan fingerprint density at radius 3 is 2.33 bits per heavy atom. The van der Waals surface area contributed by atoms with Gasteiger partial charge in [0.1, 0.15) is 0 Å². The molecule has 0 spiro atoms. The number of aliphatic hydroxyl groups is 1. The van der Waals surface area contributed by atoms with E-state index in [1.54, 1.807) is 0 Å². The van der Waals surface area contributed by atoms with E-state index >= 15 is 0 Å². The summed E-state index contributed by atoms with van der Waals surface area (Å²) in [5.74, 6) is 0.825. The summed E-state index contributed by atoms with van der Waals surface area (Å²) in [5, 5.41) is 13.6. The summed E-state index contributed by atoms with van der Waals surface area (Å²) in [6.45, 7) is 1.15. The first-order valence-electron chi connectivity index (χ1n) is 8.63. The lowest BCUT2D eigenvalue weighted by Gasteiger charge is -2.34. The van der Waals surface area contributed by atoms with Gasteiger partial charge in [0.2, 0.25) is 5.91 Å². The van der Waals surface area contributed by atoms with Crippen LogP contribution in [0.3, 0.4) is 0 Å². The van der Waals surface area contributed by atoms with Crippen LogP contribution in [0.5, 0.6) is 0 Å². The van der Waals surface area contributed by atoms with E-state index in [-0.39, 0.29) is 5.91 Å². The van der Waals surface area contributed by atoms with Gasteiger partial charge in [-0.2, -0.15) is 0 Å². The number of nitrogens with zero attached hydrogens (tertiary/aromatic N) is 1. The Kier molecular flexibility index (Phi) is 6.06. The number of rotatable bonds is 5. The molecule has 2 rings (SSSR count). The summed E-state index contributed by atoms with van der Waals surface area (Å²) < 4.78 is 0. The molecule has 2 aliphatic rings. The van der Waals surface area contributed by atoms with E-state index in [2.05, 4.69) is 24.3 Å². The summed E-state index contributed by atoms with van der Waals surface area (Å²) in [6, 6.07) is 0.322. The van der Waals surface area contributed by atoms with Gasteiger partial charge >= 0.3 is 0 Å². The second kappa shape index (κ2) is 7.59. The second-order valence-electron chi connectivity index (χ2n) is 7.51. The van der Waals surface area contributed by atoms with Gasteiger partial charge in [-0.05, 0) is 58.5 Å². The van der Waals surface area contributed by atoms with E-state index in [0.29, 0.717) is 12.5 Å². The minimum atomic E-state index is -0.732. The van der Waals surface area contributed by atoms with Crippen LogP contribution >= 0.6 is 0 Å². The molecule has 0 saturated heterocycles. The molecule has 0 atom stereocenters. The molecule has 0 unspecified atom stereocenters. The normalized spacial score (nSPS) is 29.3. The maximum atomic E-state index is 12.2. The SMILES string of the molecule is CN(C)CC1CCC(NC(=O)CC2(O)CCCCC2)CC1. The van der Waals surface area contributed by atoms with Crippen LogP contribution in [-0.2, 0) is 4.79 Å². The highest BCUT2D eigenvalue weighted by molar-refractivity contribution is 5.77. The van der Waals surface area contributed by atoms with Crippen LogP contribution in [0, 0.1) is 5.92 Å². The summed E-state index contributed by atoms with van der Waals surface area (Å²) >= 11 is 0. The van der Waals surface area contributed by atoms with Gasteiger partial charge in [-0.15, -0.1) is 0 Å². The van der Waals surface area contributed by atoms with Crippen molar-refractivity contribution >= 4 is 5.91 Å². The predicted molar refractivity (Wildman–Crippen MR) is 85.1 cm³/mol. The van der Waals surface area contributed by atoms with Gasteiger partial charge < -0.3 is 15.3 Å². The molecule has 0 aromatic carbocycles. The van der Waals surface area contributed by atoms with Gasteiger partial charge in [-0.1, -0.05) is 19.3 Å². The summed E-state index contributed by atoms with van der Waals surface area (Å²) in [5.41, 5.74) is -0.732. The minimum absolute atomic E-state index is 0.0514. The molecule has 0 aromatic heterocycles. The number of hydrogen-bond donors (Lipinski definition) is 2. The van der Waals surface area contributed by atoms with Crippen LogP contribution in [0.15, 0.2) is 0 Å². The van der Waals surface area contributed by atoms with E-state index < -0.39 is 5.60 Å². The fourth-order valence-corrected chi connectivity index (χ4v) is 3.97. The van der Waals surface area contributed by atoms with Crippen molar-refractivity contribution in [2.75, 3.05) is 20.6 Å². The maximum Gasteiger partial charge on any atom is 0.223 e. The van der Waals surface area contributed by atoms with Crippen LogP contribution in [0.1, 0.15) is 64.2 Å². The molecule has 2 fully saturated rings. The first-order chi connectivity index (χ1) is 9.97. The fraction of sp³-hybridized carbons (Fsp3) is 0.941. The average molecular weight is 296 g/mol. The molecule has 2 saturated carbocycles. The van der Waals surface area contributed by atoms with Crippen LogP contribution < -0.4 is 5.32 Å². The number of hydrogen-bond acceptors (Lipinski definition) is 3. The molecule has 4 nitrogen and oxygen atoms in total. The molecule has 2 N–H and O–H groups in total. The smallest absolute Gasteiger partial charge is 0.223 e. The van der Waals surface area contributed by atoms with E-state index in [0.717, 1.165) is 51.0 Å². The van der Waals surface area contributed by atoms with Crippen molar-refractivity contribution in [3.8, 4) is 0 Å². The third-order valence-electron chi connectivity index (χ3n) is 5.11. The minimum Gasteiger partial charge on any atom is -0.389 e. The Morgan fingerprint density at radius 1 is 1.14 bits per heavy atom. The number of nitrogens with one attached hydrogen (secondary N) is 1. The number of carbonyl (C=O) groups is 1. The highest BCUT2D eigenvalue weighted by Crippen LogP contribution is 2.31. The third kappa shape index (κ3) is 5.59. The Bertz CT molecular complexity index is 330. The molecule has 0 aromatic rings. The second-order valence-corrected chi connectivity index (χ2v) is 7.51. The maximum absolute atomic E-state index is 12.2. The van der Waals surface area contributed by atoms with Crippen LogP contribution in [0.25, 0.3) is 0 Å². The molecule has 0 bridgehead atoms. The summed E-state index contributed by atoms with van der Waals surface area (Å²) in [4.78, 5) is 14.4. The van der Waals surface area contributed by atoms with Crippen LogP contribution in [0.4, 0.5) is 0 Å². The molecule has 2 aliphatic carbocycles. The van der Waals surface area contributed by atoms with Crippen LogP contribution in [0.2, 0.25) is 0 Å². The van der Waals surface area contributed by atoms with Gasteiger partial charge in [0.15, 0.2) is 0 Å².